The molecule has 0 N–H and O–H groups in total. The maximum Gasteiger partial charge on any atom is 0.0757 e. The SMILES string of the molecule is CC[N+](CC)(CC)CC.[Br-].c1ccc2ccccc2c1. The lowest BCUT2D eigenvalue weighted by Crippen LogP contribution is -3.00. The highest BCUT2D eigenvalue weighted by atomic mass is 79.9. The van der Waals surface area contributed by atoms with Gasteiger partial charge in [-0.05, 0) is 38.5 Å². The van der Waals surface area contributed by atoms with Gasteiger partial charge in [-0.1, -0.05) is 48.5 Å². The molecule has 1 nitrogen and oxygen atoms in total. The van der Waals surface area contributed by atoms with Crippen molar-refractivity contribution in [2.45, 2.75) is 27.7 Å². The van der Waals surface area contributed by atoms with Gasteiger partial charge in [-0.2, -0.15) is 0 Å². The first-order valence-corrected chi connectivity index (χ1v) is 7.50. The molecule has 0 unspecified atom stereocenters. The average molecular weight is 338 g/mol. The Morgan fingerprint density at radius 3 is 1.00 bits per heavy atom. The highest BCUT2D eigenvalue weighted by Crippen LogP contribution is 2.11. The largest absolute Gasteiger partial charge is 1.00 e. The van der Waals surface area contributed by atoms with Crippen molar-refractivity contribution < 1.29 is 21.5 Å². The molecule has 2 aromatic rings. The Morgan fingerprint density at radius 2 is 0.850 bits per heavy atom. The Balaban J connectivity index is 0.000000347. The van der Waals surface area contributed by atoms with E-state index in [-0.39, 0.29) is 17.0 Å². The van der Waals surface area contributed by atoms with E-state index in [1.807, 2.05) is 0 Å². The van der Waals surface area contributed by atoms with Crippen LogP contribution in [0.5, 0.6) is 0 Å². The van der Waals surface area contributed by atoms with Crippen molar-refractivity contribution in [1.82, 2.24) is 0 Å². The van der Waals surface area contributed by atoms with E-state index in [1.54, 1.807) is 0 Å². The normalized spacial score (nSPS) is 10.4. The topological polar surface area (TPSA) is 0 Å². The molecule has 2 rings (SSSR count). The van der Waals surface area contributed by atoms with Gasteiger partial charge in [0.2, 0.25) is 0 Å². The van der Waals surface area contributed by atoms with E-state index in [2.05, 4.69) is 76.2 Å². The van der Waals surface area contributed by atoms with Crippen LogP contribution >= 0.6 is 0 Å². The monoisotopic (exact) mass is 337 g/mol. The quantitative estimate of drug-likeness (QED) is 0.745. The zero-order chi connectivity index (χ0) is 14.1. The van der Waals surface area contributed by atoms with Crippen molar-refractivity contribution in [2.75, 3.05) is 26.2 Å². The third kappa shape index (κ3) is 5.26. The van der Waals surface area contributed by atoms with E-state index in [4.69, 9.17) is 0 Å². The van der Waals surface area contributed by atoms with Crippen molar-refractivity contribution in [1.29, 1.82) is 0 Å². The van der Waals surface area contributed by atoms with E-state index in [1.165, 1.54) is 41.4 Å². The third-order valence-electron chi connectivity index (χ3n) is 4.34. The molecule has 0 atom stereocenters. The second kappa shape index (κ2) is 9.95. The smallest absolute Gasteiger partial charge is 0.0757 e. The Hall–Kier alpha value is -0.860. The molecule has 0 spiro atoms. The van der Waals surface area contributed by atoms with Crippen molar-refractivity contribution in [3.8, 4) is 0 Å². The maximum atomic E-state index is 2.27. The Bertz CT molecular complexity index is 395. The second-order valence-corrected chi connectivity index (χ2v) is 4.95. The van der Waals surface area contributed by atoms with Crippen LogP contribution in [0.1, 0.15) is 27.7 Å². The molecular formula is C18H28BrN. The highest BCUT2D eigenvalue weighted by molar-refractivity contribution is 5.81. The fourth-order valence-electron chi connectivity index (χ4n) is 2.47. The number of hydrogen-bond acceptors (Lipinski definition) is 0. The van der Waals surface area contributed by atoms with Crippen molar-refractivity contribution in [2.24, 2.45) is 0 Å². The summed E-state index contributed by atoms with van der Waals surface area (Å²) in [5.41, 5.74) is 0. The third-order valence-corrected chi connectivity index (χ3v) is 4.34. The minimum absolute atomic E-state index is 0. The van der Waals surface area contributed by atoms with Gasteiger partial charge in [0.05, 0.1) is 26.2 Å². The summed E-state index contributed by atoms with van der Waals surface area (Å²) in [4.78, 5) is 0. The summed E-state index contributed by atoms with van der Waals surface area (Å²) in [5, 5.41) is 2.62. The minimum Gasteiger partial charge on any atom is -1.00 e. The van der Waals surface area contributed by atoms with Gasteiger partial charge in [0.25, 0.3) is 0 Å². The number of fused-ring (bicyclic) bond motifs is 1. The average Bonchev–Trinajstić information content (AvgIpc) is 2.51. The minimum atomic E-state index is 0. The zero-order valence-corrected chi connectivity index (χ0v) is 14.9. The van der Waals surface area contributed by atoms with E-state index in [0.29, 0.717) is 0 Å². The first kappa shape index (κ1) is 19.1. The molecule has 20 heavy (non-hydrogen) atoms. The molecule has 0 saturated carbocycles. The van der Waals surface area contributed by atoms with Crippen LogP contribution in [0.25, 0.3) is 10.8 Å². The van der Waals surface area contributed by atoms with Crippen LogP contribution in [-0.4, -0.2) is 30.7 Å². The Morgan fingerprint density at radius 1 is 0.600 bits per heavy atom. The lowest BCUT2D eigenvalue weighted by Gasteiger charge is -2.34. The lowest BCUT2D eigenvalue weighted by atomic mass is 10.1. The summed E-state index contributed by atoms with van der Waals surface area (Å²) in [6.45, 7) is 14.2. The van der Waals surface area contributed by atoms with Crippen LogP contribution in [0.4, 0.5) is 0 Å². The van der Waals surface area contributed by atoms with Crippen molar-refractivity contribution in [3.63, 3.8) is 0 Å². The van der Waals surface area contributed by atoms with Crippen LogP contribution in [0.15, 0.2) is 48.5 Å². The summed E-state index contributed by atoms with van der Waals surface area (Å²) in [5.74, 6) is 0. The van der Waals surface area contributed by atoms with Crippen LogP contribution in [0, 0.1) is 0 Å². The van der Waals surface area contributed by atoms with Gasteiger partial charge in [0, 0.05) is 0 Å². The van der Waals surface area contributed by atoms with E-state index in [0.717, 1.165) is 0 Å². The molecule has 0 aromatic heterocycles. The van der Waals surface area contributed by atoms with Gasteiger partial charge in [0.15, 0.2) is 0 Å². The summed E-state index contributed by atoms with van der Waals surface area (Å²) >= 11 is 0. The second-order valence-electron chi connectivity index (χ2n) is 4.95. The van der Waals surface area contributed by atoms with Gasteiger partial charge in [-0.25, -0.2) is 0 Å². The summed E-state index contributed by atoms with van der Waals surface area (Å²) < 4.78 is 1.28. The molecule has 0 aliphatic rings. The van der Waals surface area contributed by atoms with E-state index < -0.39 is 0 Å². The molecule has 0 radical (unpaired) electrons. The number of benzene rings is 2. The maximum absolute atomic E-state index is 2.27. The molecule has 0 heterocycles. The summed E-state index contributed by atoms with van der Waals surface area (Å²) in [6.07, 6.45) is 0. The van der Waals surface area contributed by atoms with Gasteiger partial charge < -0.3 is 21.5 Å². The molecule has 112 valence electrons. The van der Waals surface area contributed by atoms with Crippen LogP contribution in [0.2, 0.25) is 0 Å². The summed E-state index contributed by atoms with van der Waals surface area (Å²) in [6, 6.07) is 16.7. The fourth-order valence-corrected chi connectivity index (χ4v) is 2.47. The van der Waals surface area contributed by atoms with Crippen molar-refractivity contribution in [3.05, 3.63) is 48.5 Å². The number of quaternary nitrogens is 1. The summed E-state index contributed by atoms with van der Waals surface area (Å²) in [7, 11) is 0. The molecule has 0 saturated heterocycles. The van der Waals surface area contributed by atoms with Gasteiger partial charge in [-0.3, -0.25) is 0 Å². The van der Waals surface area contributed by atoms with Crippen LogP contribution < -0.4 is 17.0 Å². The molecule has 2 heteroatoms. The number of halogens is 1. The molecule has 2 aromatic carbocycles. The van der Waals surface area contributed by atoms with Crippen LogP contribution in [-0.2, 0) is 0 Å². The molecule has 0 aliphatic heterocycles. The fraction of sp³-hybridized carbons (Fsp3) is 0.444. The molecule has 0 amide bonds. The zero-order valence-electron chi connectivity index (χ0n) is 13.3. The van der Waals surface area contributed by atoms with Gasteiger partial charge in [0.1, 0.15) is 0 Å². The standard InChI is InChI=1S/C10H8.C8H20N.BrH/c1-2-6-10-8-4-3-7-9(10)5-1;1-5-9(6-2,7-3)8-4;/h1-8H;5-8H2,1-4H3;1H/q;+1;/p-1. The van der Waals surface area contributed by atoms with E-state index in [9.17, 15) is 0 Å². The molecular weight excluding hydrogens is 310 g/mol. The molecule has 0 bridgehead atoms. The van der Waals surface area contributed by atoms with E-state index >= 15 is 0 Å². The predicted molar refractivity (Wildman–Crippen MR) is 86.4 cm³/mol. The van der Waals surface area contributed by atoms with Gasteiger partial charge >= 0.3 is 0 Å². The Kier molecular flexibility index (Phi) is 9.52. The Labute approximate surface area is 135 Å². The van der Waals surface area contributed by atoms with Crippen molar-refractivity contribution >= 4 is 10.8 Å². The highest BCUT2D eigenvalue weighted by Gasteiger charge is 2.16. The predicted octanol–water partition coefficient (Wildman–Crippen LogP) is 1.73. The van der Waals surface area contributed by atoms with Crippen LogP contribution in [0.3, 0.4) is 0 Å². The number of rotatable bonds is 4. The first-order valence-electron chi connectivity index (χ1n) is 7.50. The molecule has 0 fully saturated rings. The molecule has 0 aliphatic carbocycles. The number of nitrogens with zero attached hydrogens (tertiary/aromatic N) is 1. The van der Waals surface area contributed by atoms with Gasteiger partial charge in [-0.15, -0.1) is 0 Å². The lowest BCUT2D eigenvalue weighted by molar-refractivity contribution is -0.921. The number of hydrogen-bond donors (Lipinski definition) is 0. The first-order chi connectivity index (χ1) is 9.21.